The summed E-state index contributed by atoms with van der Waals surface area (Å²) in [6.07, 6.45) is 2.72. The number of ether oxygens (including phenoxy) is 1. The lowest BCUT2D eigenvalue weighted by molar-refractivity contribution is 0.0527. The third kappa shape index (κ3) is 15.5. The standard InChI is InChI=1S/C12H27N3O2.ClH/c1-12(2,3)17-11(16)15-10-6-9-14-8-5-4-7-13;/h14H,4-10,13H2,1-3H3,(H,15,16);1H. The van der Waals surface area contributed by atoms with Gasteiger partial charge in [-0.25, -0.2) is 4.79 Å². The van der Waals surface area contributed by atoms with E-state index in [2.05, 4.69) is 10.6 Å². The average molecular weight is 282 g/mol. The van der Waals surface area contributed by atoms with Crippen molar-refractivity contribution in [2.45, 2.75) is 45.6 Å². The van der Waals surface area contributed by atoms with Gasteiger partial charge in [-0.1, -0.05) is 0 Å². The summed E-state index contributed by atoms with van der Waals surface area (Å²) >= 11 is 0. The van der Waals surface area contributed by atoms with Gasteiger partial charge in [0.15, 0.2) is 0 Å². The molecule has 1 amide bonds. The van der Waals surface area contributed by atoms with Crippen molar-refractivity contribution in [3.05, 3.63) is 0 Å². The highest BCUT2D eigenvalue weighted by atomic mass is 35.5. The lowest BCUT2D eigenvalue weighted by Gasteiger charge is -2.19. The molecule has 0 aromatic carbocycles. The quantitative estimate of drug-likeness (QED) is 0.591. The zero-order chi connectivity index (χ0) is 13.1. The van der Waals surface area contributed by atoms with Crippen LogP contribution in [0.5, 0.6) is 0 Å². The normalized spacial score (nSPS) is 10.7. The van der Waals surface area contributed by atoms with Crippen molar-refractivity contribution >= 4 is 18.5 Å². The van der Waals surface area contributed by atoms with Gasteiger partial charge in [0, 0.05) is 6.54 Å². The Labute approximate surface area is 117 Å². The zero-order valence-electron chi connectivity index (χ0n) is 11.8. The molecule has 0 unspecified atom stereocenters. The molecule has 0 aliphatic rings. The van der Waals surface area contributed by atoms with Crippen LogP contribution in [0, 0.1) is 0 Å². The molecular weight excluding hydrogens is 254 g/mol. The maximum atomic E-state index is 11.3. The molecule has 0 bridgehead atoms. The van der Waals surface area contributed by atoms with Gasteiger partial charge in [-0.2, -0.15) is 0 Å². The molecule has 0 fully saturated rings. The molecule has 0 radical (unpaired) electrons. The van der Waals surface area contributed by atoms with Crippen LogP contribution < -0.4 is 16.4 Å². The Morgan fingerprint density at radius 1 is 1.11 bits per heavy atom. The Bertz CT molecular complexity index is 208. The summed E-state index contributed by atoms with van der Waals surface area (Å²) in [6, 6.07) is 0. The minimum Gasteiger partial charge on any atom is -0.444 e. The van der Waals surface area contributed by atoms with Crippen LogP contribution in [-0.4, -0.2) is 37.9 Å². The molecule has 0 spiro atoms. The van der Waals surface area contributed by atoms with E-state index < -0.39 is 5.60 Å². The summed E-state index contributed by atoms with van der Waals surface area (Å²) in [5, 5.41) is 6.01. The van der Waals surface area contributed by atoms with Gasteiger partial charge >= 0.3 is 6.09 Å². The molecular formula is C12H28ClN3O2. The molecule has 0 saturated heterocycles. The smallest absolute Gasteiger partial charge is 0.407 e. The molecule has 0 aliphatic heterocycles. The maximum absolute atomic E-state index is 11.3. The van der Waals surface area contributed by atoms with Gasteiger partial charge in [-0.05, 0) is 59.7 Å². The fraction of sp³-hybridized carbons (Fsp3) is 0.917. The van der Waals surface area contributed by atoms with E-state index in [1.165, 1.54) is 0 Å². The second-order valence-electron chi connectivity index (χ2n) is 5.03. The largest absolute Gasteiger partial charge is 0.444 e. The molecule has 0 saturated carbocycles. The number of halogens is 1. The van der Waals surface area contributed by atoms with Crippen LogP contribution in [-0.2, 0) is 4.74 Å². The molecule has 4 N–H and O–H groups in total. The monoisotopic (exact) mass is 281 g/mol. The lowest BCUT2D eigenvalue weighted by Crippen LogP contribution is -2.34. The lowest BCUT2D eigenvalue weighted by atomic mass is 10.2. The molecule has 6 heteroatoms. The van der Waals surface area contributed by atoms with E-state index in [4.69, 9.17) is 10.5 Å². The SMILES string of the molecule is CC(C)(C)OC(=O)NCCCNCCCCN.Cl. The van der Waals surface area contributed by atoms with Gasteiger partial charge in [-0.3, -0.25) is 0 Å². The highest BCUT2D eigenvalue weighted by Gasteiger charge is 2.15. The Balaban J connectivity index is 0. The highest BCUT2D eigenvalue weighted by Crippen LogP contribution is 2.06. The van der Waals surface area contributed by atoms with Crippen LogP contribution in [0.4, 0.5) is 4.79 Å². The first-order valence-corrected chi connectivity index (χ1v) is 6.33. The Morgan fingerprint density at radius 3 is 2.28 bits per heavy atom. The van der Waals surface area contributed by atoms with E-state index in [0.29, 0.717) is 6.54 Å². The number of nitrogens with two attached hydrogens (primary N) is 1. The fourth-order valence-corrected chi connectivity index (χ4v) is 1.24. The van der Waals surface area contributed by atoms with Crippen molar-refractivity contribution in [3.8, 4) is 0 Å². The van der Waals surface area contributed by atoms with Crippen LogP contribution in [0.15, 0.2) is 0 Å². The summed E-state index contributed by atoms with van der Waals surface area (Å²) in [5.74, 6) is 0. The third-order valence-corrected chi connectivity index (χ3v) is 2.01. The highest BCUT2D eigenvalue weighted by molar-refractivity contribution is 5.85. The molecule has 110 valence electrons. The van der Waals surface area contributed by atoms with E-state index in [-0.39, 0.29) is 18.5 Å². The molecule has 0 atom stereocenters. The van der Waals surface area contributed by atoms with Crippen molar-refractivity contribution in [2.75, 3.05) is 26.2 Å². The van der Waals surface area contributed by atoms with Crippen molar-refractivity contribution in [2.24, 2.45) is 5.73 Å². The first-order valence-electron chi connectivity index (χ1n) is 6.33. The van der Waals surface area contributed by atoms with E-state index in [0.717, 1.165) is 38.9 Å². The van der Waals surface area contributed by atoms with Crippen molar-refractivity contribution in [1.29, 1.82) is 0 Å². The van der Waals surface area contributed by atoms with Gasteiger partial charge in [-0.15, -0.1) is 12.4 Å². The molecule has 0 rings (SSSR count). The Morgan fingerprint density at radius 2 is 1.72 bits per heavy atom. The second-order valence-corrected chi connectivity index (χ2v) is 5.03. The Hall–Kier alpha value is -0.520. The summed E-state index contributed by atoms with van der Waals surface area (Å²) in [7, 11) is 0. The van der Waals surface area contributed by atoms with Crippen LogP contribution in [0.1, 0.15) is 40.0 Å². The van der Waals surface area contributed by atoms with Crippen molar-refractivity contribution in [1.82, 2.24) is 10.6 Å². The topological polar surface area (TPSA) is 76.4 Å². The zero-order valence-corrected chi connectivity index (χ0v) is 12.6. The summed E-state index contributed by atoms with van der Waals surface area (Å²) in [6.45, 7) is 8.84. The fourth-order valence-electron chi connectivity index (χ4n) is 1.24. The van der Waals surface area contributed by atoms with Crippen molar-refractivity contribution < 1.29 is 9.53 Å². The number of nitrogens with one attached hydrogen (secondary N) is 2. The van der Waals surface area contributed by atoms with E-state index in [9.17, 15) is 4.79 Å². The number of amides is 1. The number of hydrogen-bond donors (Lipinski definition) is 3. The predicted molar refractivity (Wildman–Crippen MR) is 77.3 cm³/mol. The number of carbonyl (C=O) groups excluding carboxylic acids is 1. The van der Waals surface area contributed by atoms with E-state index in [1.54, 1.807) is 0 Å². The summed E-state index contributed by atoms with van der Waals surface area (Å²) < 4.78 is 5.11. The van der Waals surface area contributed by atoms with E-state index >= 15 is 0 Å². The average Bonchev–Trinajstić information content (AvgIpc) is 2.19. The molecule has 0 aromatic rings. The minimum absolute atomic E-state index is 0. The minimum atomic E-state index is -0.426. The van der Waals surface area contributed by atoms with Gasteiger partial charge in [0.25, 0.3) is 0 Å². The Kier molecular flexibility index (Phi) is 12.7. The van der Waals surface area contributed by atoms with Crippen LogP contribution in [0.25, 0.3) is 0 Å². The number of unbranched alkanes of at least 4 members (excludes halogenated alkanes) is 1. The number of hydrogen-bond acceptors (Lipinski definition) is 4. The number of alkyl carbamates (subject to hydrolysis) is 1. The maximum Gasteiger partial charge on any atom is 0.407 e. The third-order valence-electron chi connectivity index (χ3n) is 2.01. The first kappa shape index (κ1) is 19.8. The van der Waals surface area contributed by atoms with Gasteiger partial charge < -0.3 is 21.1 Å². The van der Waals surface area contributed by atoms with Gasteiger partial charge in [0.2, 0.25) is 0 Å². The van der Waals surface area contributed by atoms with E-state index in [1.807, 2.05) is 20.8 Å². The summed E-state index contributed by atoms with van der Waals surface area (Å²) in [5.41, 5.74) is 4.96. The summed E-state index contributed by atoms with van der Waals surface area (Å²) in [4.78, 5) is 11.3. The van der Waals surface area contributed by atoms with Crippen LogP contribution >= 0.6 is 12.4 Å². The number of rotatable bonds is 8. The second kappa shape index (κ2) is 11.6. The molecule has 0 heterocycles. The van der Waals surface area contributed by atoms with Crippen molar-refractivity contribution in [3.63, 3.8) is 0 Å². The molecule has 0 aliphatic carbocycles. The first-order chi connectivity index (χ1) is 7.95. The van der Waals surface area contributed by atoms with Gasteiger partial charge in [0.05, 0.1) is 0 Å². The molecule has 0 aromatic heterocycles. The van der Waals surface area contributed by atoms with Crippen LogP contribution in [0.2, 0.25) is 0 Å². The van der Waals surface area contributed by atoms with Crippen LogP contribution in [0.3, 0.4) is 0 Å². The van der Waals surface area contributed by atoms with Gasteiger partial charge in [0.1, 0.15) is 5.60 Å². The molecule has 18 heavy (non-hydrogen) atoms. The molecule has 5 nitrogen and oxygen atoms in total. The predicted octanol–water partition coefficient (Wildman–Crippen LogP) is 1.65. The number of carbonyl (C=O) groups is 1.